The van der Waals surface area contributed by atoms with Gasteiger partial charge in [0, 0.05) is 0 Å². The first-order valence-electron chi connectivity index (χ1n) is 6.67. The zero-order valence-corrected chi connectivity index (χ0v) is 11.5. The van der Waals surface area contributed by atoms with Crippen molar-refractivity contribution in [2.75, 3.05) is 0 Å². The van der Waals surface area contributed by atoms with Crippen LogP contribution in [0.25, 0.3) is 16.7 Å². The summed E-state index contributed by atoms with van der Waals surface area (Å²) >= 11 is 0. The zero-order chi connectivity index (χ0) is 15.0. The largest absolute Gasteiger partial charge is 0.478 e. The highest BCUT2D eigenvalue weighted by molar-refractivity contribution is 5.92. The number of rotatable bonds is 3. The first-order valence-corrected chi connectivity index (χ1v) is 6.67. The lowest BCUT2D eigenvalue weighted by atomic mass is 10.1. The van der Waals surface area contributed by atoms with Crippen LogP contribution in [-0.4, -0.2) is 20.6 Å². The number of aryl methyl sites for hydroxylation is 1. The second-order valence-corrected chi connectivity index (χ2v) is 4.82. The van der Waals surface area contributed by atoms with Crippen LogP contribution in [0.1, 0.15) is 22.8 Å². The summed E-state index contributed by atoms with van der Waals surface area (Å²) in [7, 11) is 0. The smallest absolute Gasteiger partial charge is 0.335 e. The molecule has 5 heteroatoms. The lowest BCUT2D eigenvalue weighted by Crippen LogP contribution is -2.14. The lowest BCUT2D eigenvalue weighted by Gasteiger charge is -2.04. The summed E-state index contributed by atoms with van der Waals surface area (Å²) in [6.07, 6.45) is 0.936. The summed E-state index contributed by atoms with van der Waals surface area (Å²) in [5.74, 6) is -1.02. The maximum Gasteiger partial charge on any atom is 0.335 e. The molecule has 0 radical (unpaired) electrons. The molecule has 2 N–H and O–H groups in total. The van der Waals surface area contributed by atoms with Gasteiger partial charge in [-0.05, 0) is 42.3 Å². The number of carboxylic acids is 1. The molecule has 0 atom stereocenters. The van der Waals surface area contributed by atoms with Gasteiger partial charge in [-0.15, -0.1) is 0 Å². The van der Waals surface area contributed by atoms with Gasteiger partial charge >= 0.3 is 11.7 Å². The van der Waals surface area contributed by atoms with Gasteiger partial charge in [0.25, 0.3) is 0 Å². The van der Waals surface area contributed by atoms with Crippen LogP contribution in [0.15, 0.2) is 47.3 Å². The van der Waals surface area contributed by atoms with Crippen LogP contribution in [0, 0.1) is 0 Å². The van der Waals surface area contributed by atoms with E-state index in [1.165, 1.54) is 17.7 Å². The molecule has 0 aliphatic carbocycles. The lowest BCUT2D eigenvalue weighted by molar-refractivity contribution is 0.0697. The SMILES string of the molecule is CCc1ccc(-n2c(=O)[nH]c3cc(C(=O)O)ccc32)cc1. The van der Waals surface area contributed by atoms with Crippen LogP contribution in [0.2, 0.25) is 0 Å². The van der Waals surface area contributed by atoms with Gasteiger partial charge in [0.15, 0.2) is 0 Å². The van der Waals surface area contributed by atoms with E-state index in [4.69, 9.17) is 5.11 Å². The molecule has 0 amide bonds. The Kier molecular flexibility index (Phi) is 3.10. The fraction of sp³-hybridized carbons (Fsp3) is 0.125. The Bertz CT molecular complexity index is 873. The van der Waals surface area contributed by atoms with Crippen molar-refractivity contribution in [3.8, 4) is 5.69 Å². The molecule has 2 aromatic carbocycles. The van der Waals surface area contributed by atoms with Crippen molar-refractivity contribution in [3.05, 3.63) is 64.1 Å². The van der Waals surface area contributed by atoms with Crippen molar-refractivity contribution in [1.29, 1.82) is 0 Å². The normalized spacial score (nSPS) is 10.9. The number of aromatic amines is 1. The van der Waals surface area contributed by atoms with Gasteiger partial charge < -0.3 is 10.1 Å². The number of nitrogens with one attached hydrogen (secondary N) is 1. The molecule has 0 bridgehead atoms. The fourth-order valence-corrected chi connectivity index (χ4v) is 2.38. The van der Waals surface area contributed by atoms with Crippen LogP contribution < -0.4 is 5.69 Å². The third-order valence-electron chi connectivity index (χ3n) is 3.53. The van der Waals surface area contributed by atoms with Crippen LogP contribution in [-0.2, 0) is 6.42 Å². The van der Waals surface area contributed by atoms with E-state index < -0.39 is 5.97 Å². The predicted octanol–water partition coefficient (Wildman–Crippen LogP) is 2.58. The Morgan fingerprint density at radius 2 is 1.90 bits per heavy atom. The molecule has 3 rings (SSSR count). The maximum absolute atomic E-state index is 12.1. The number of imidazole rings is 1. The van der Waals surface area contributed by atoms with Gasteiger partial charge in [-0.3, -0.25) is 4.57 Å². The first-order chi connectivity index (χ1) is 10.1. The Hall–Kier alpha value is -2.82. The van der Waals surface area contributed by atoms with E-state index in [2.05, 4.69) is 11.9 Å². The fourth-order valence-electron chi connectivity index (χ4n) is 2.38. The van der Waals surface area contributed by atoms with E-state index in [0.29, 0.717) is 11.0 Å². The number of aromatic carboxylic acids is 1. The number of aromatic nitrogens is 2. The summed E-state index contributed by atoms with van der Waals surface area (Å²) in [6.45, 7) is 2.07. The maximum atomic E-state index is 12.1. The van der Waals surface area contributed by atoms with E-state index in [9.17, 15) is 9.59 Å². The van der Waals surface area contributed by atoms with Crippen molar-refractivity contribution in [2.45, 2.75) is 13.3 Å². The predicted molar refractivity (Wildman–Crippen MR) is 80.2 cm³/mol. The molecule has 0 saturated heterocycles. The van der Waals surface area contributed by atoms with E-state index in [1.807, 2.05) is 24.3 Å². The van der Waals surface area contributed by atoms with Crippen LogP contribution in [0.4, 0.5) is 0 Å². The third-order valence-corrected chi connectivity index (χ3v) is 3.53. The number of hydrogen-bond acceptors (Lipinski definition) is 2. The second kappa shape index (κ2) is 4.94. The first kappa shape index (κ1) is 13.2. The molecule has 3 aromatic rings. The number of benzene rings is 2. The standard InChI is InChI=1S/C16H14N2O3/c1-2-10-3-6-12(7-4-10)18-14-8-5-11(15(19)20)9-13(14)17-16(18)21/h3-9H,2H2,1H3,(H,17,21)(H,19,20). The van der Waals surface area contributed by atoms with Crippen LogP contribution in [0.5, 0.6) is 0 Å². The van der Waals surface area contributed by atoms with Gasteiger partial charge in [-0.2, -0.15) is 0 Å². The van der Waals surface area contributed by atoms with Gasteiger partial charge in [0.05, 0.1) is 22.3 Å². The quantitative estimate of drug-likeness (QED) is 0.775. The van der Waals surface area contributed by atoms with Gasteiger partial charge in [-0.25, -0.2) is 9.59 Å². The van der Waals surface area contributed by atoms with Crippen molar-refractivity contribution < 1.29 is 9.90 Å². The average molecular weight is 282 g/mol. The van der Waals surface area contributed by atoms with E-state index in [1.54, 1.807) is 10.6 Å². The van der Waals surface area contributed by atoms with Crippen molar-refractivity contribution >= 4 is 17.0 Å². The molecule has 106 valence electrons. The van der Waals surface area contributed by atoms with Crippen molar-refractivity contribution in [1.82, 2.24) is 9.55 Å². The number of H-pyrrole nitrogens is 1. The minimum atomic E-state index is -1.02. The van der Waals surface area contributed by atoms with E-state index in [0.717, 1.165) is 12.1 Å². The summed E-state index contributed by atoms with van der Waals surface area (Å²) < 4.78 is 1.54. The third kappa shape index (κ3) is 2.23. The Morgan fingerprint density at radius 3 is 2.52 bits per heavy atom. The number of fused-ring (bicyclic) bond motifs is 1. The van der Waals surface area contributed by atoms with Gasteiger partial charge in [0.2, 0.25) is 0 Å². The summed E-state index contributed by atoms with van der Waals surface area (Å²) in [5, 5.41) is 9.00. The Labute approximate surface area is 120 Å². The monoisotopic (exact) mass is 282 g/mol. The van der Waals surface area contributed by atoms with Crippen molar-refractivity contribution in [2.24, 2.45) is 0 Å². The number of carboxylic acid groups (broad SMARTS) is 1. The zero-order valence-electron chi connectivity index (χ0n) is 11.5. The average Bonchev–Trinajstić information content (AvgIpc) is 2.82. The molecule has 0 aliphatic rings. The minimum absolute atomic E-state index is 0.150. The summed E-state index contributed by atoms with van der Waals surface area (Å²) in [4.78, 5) is 25.8. The molecular weight excluding hydrogens is 268 g/mol. The molecule has 0 unspecified atom stereocenters. The summed E-state index contributed by atoms with van der Waals surface area (Å²) in [6, 6.07) is 12.3. The molecule has 1 heterocycles. The molecule has 5 nitrogen and oxygen atoms in total. The molecule has 21 heavy (non-hydrogen) atoms. The van der Waals surface area contributed by atoms with Gasteiger partial charge in [-0.1, -0.05) is 19.1 Å². The second-order valence-electron chi connectivity index (χ2n) is 4.82. The summed E-state index contributed by atoms with van der Waals surface area (Å²) in [5.41, 5.74) is 2.99. The number of nitrogens with zero attached hydrogens (tertiary/aromatic N) is 1. The minimum Gasteiger partial charge on any atom is -0.478 e. The topological polar surface area (TPSA) is 75.1 Å². The van der Waals surface area contributed by atoms with Crippen molar-refractivity contribution in [3.63, 3.8) is 0 Å². The number of carbonyl (C=O) groups is 1. The highest BCUT2D eigenvalue weighted by atomic mass is 16.4. The molecule has 0 aliphatic heterocycles. The van der Waals surface area contributed by atoms with Crippen LogP contribution >= 0.6 is 0 Å². The van der Waals surface area contributed by atoms with E-state index >= 15 is 0 Å². The highest BCUT2D eigenvalue weighted by Gasteiger charge is 2.11. The highest BCUT2D eigenvalue weighted by Crippen LogP contribution is 2.17. The molecule has 1 aromatic heterocycles. The Morgan fingerprint density at radius 1 is 1.19 bits per heavy atom. The Balaban J connectivity index is 2.20. The molecule has 0 saturated carbocycles. The van der Waals surface area contributed by atoms with Gasteiger partial charge in [0.1, 0.15) is 0 Å². The molecular formula is C16H14N2O3. The number of hydrogen-bond donors (Lipinski definition) is 2. The molecule has 0 spiro atoms. The van der Waals surface area contributed by atoms with Crippen LogP contribution in [0.3, 0.4) is 0 Å². The van der Waals surface area contributed by atoms with E-state index in [-0.39, 0.29) is 11.3 Å². The molecule has 0 fully saturated rings.